The first-order valence-corrected chi connectivity index (χ1v) is 9.13. The van der Waals surface area contributed by atoms with Gasteiger partial charge in [-0.25, -0.2) is 23.4 Å². The Hall–Kier alpha value is -2.02. The van der Waals surface area contributed by atoms with E-state index in [0.717, 1.165) is 11.8 Å². The van der Waals surface area contributed by atoms with Crippen molar-refractivity contribution < 1.29 is 8.42 Å². The van der Waals surface area contributed by atoms with Crippen molar-refractivity contribution in [2.24, 2.45) is 0 Å². The molecule has 120 valence electrons. The Morgan fingerprint density at radius 3 is 2.43 bits per heavy atom. The summed E-state index contributed by atoms with van der Waals surface area (Å²) in [5.41, 5.74) is 0.208. The van der Waals surface area contributed by atoms with Gasteiger partial charge < -0.3 is 0 Å². The standard InChI is InChI=1S/C14H15N5O2S2/c1-3-19(4-2)23(20,21)11-5-6-13(18-10-11)22-14-12(9-15)16-7-8-17-14/h5-8,10H,3-4H2,1-2H3. The first kappa shape index (κ1) is 17.3. The molecule has 0 saturated heterocycles. The second-order valence-electron chi connectivity index (χ2n) is 4.35. The molecule has 2 aromatic heterocycles. The fourth-order valence-corrected chi connectivity index (χ4v) is 4.02. The highest BCUT2D eigenvalue weighted by atomic mass is 32.2. The predicted octanol–water partition coefficient (Wildman–Crippen LogP) is 1.92. The van der Waals surface area contributed by atoms with Crippen LogP contribution in [0.25, 0.3) is 0 Å². The molecule has 0 aliphatic carbocycles. The van der Waals surface area contributed by atoms with Crippen molar-refractivity contribution in [1.82, 2.24) is 19.3 Å². The van der Waals surface area contributed by atoms with E-state index in [9.17, 15) is 8.42 Å². The molecule has 0 aromatic carbocycles. The lowest BCUT2D eigenvalue weighted by Gasteiger charge is -2.18. The van der Waals surface area contributed by atoms with Gasteiger partial charge in [0.15, 0.2) is 5.69 Å². The summed E-state index contributed by atoms with van der Waals surface area (Å²) in [6.45, 7) is 4.38. The Labute approximate surface area is 139 Å². The van der Waals surface area contributed by atoms with Gasteiger partial charge >= 0.3 is 0 Å². The van der Waals surface area contributed by atoms with Gasteiger partial charge in [-0.1, -0.05) is 13.8 Å². The van der Waals surface area contributed by atoms with Crippen molar-refractivity contribution in [3.05, 3.63) is 36.4 Å². The molecule has 0 aliphatic rings. The van der Waals surface area contributed by atoms with Gasteiger partial charge in [0, 0.05) is 31.7 Å². The minimum absolute atomic E-state index is 0.144. The zero-order chi connectivity index (χ0) is 16.9. The van der Waals surface area contributed by atoms with Crippen LogP contribution in [0.2, 0.25) is 0 Å². The number of hydrogen-bond donors (Lipinski definition) is 0. The maximum absolute atomic E-state index is 12.4. The van der Waals surface area contributed by atoms with E-state index in [1.165, 1.54) is 29.0 Å². The Morgan fingerprint density at radius 1 is 1.17 bits per heavy atom. The zero-order valence-corrected chi connectivity index (χ0v) is 14.3. The minimum Gasteiger partial charge on any atom is -0.248 e. The SMILES string of the molecule is CCN(CC)S(=O)(=O)c1ccc(Sc2nccnc2C#N)nc1. The smallest absolute Gasteiger partial charge is 0.244 e. The van der Waals surface area contributed by atoms with Gasteiger partial charge in [-0.3, -0.25) is 0 Å². The number of sulfonamides is 1. The van der Waals surface area contributed by atoms with Crippen LogP contribution in [0.4, 0.5) is 0 Å². The molecule has 2 aromatic rings. The largest absolute Gasteiger partial charge is 0.248 e. The van der Waals surface area contributed by atoms with Crippen molar-refractivity contribution in [1.29, 1.82) is 5.26 Å². The van der Waals surface area contributed by atoms with Crippen LogP contribution in [0.1, 0.15) is 19.5 Å². The summed E-state index contributed by atoms with van der Waals surface area (Å²) in [6, 6.07) is 5.06. The predicted molar refractivity (Wildman–Crippen MR) is 85.2 cm³/mol. The average molecular weight is 349 g/mol. The number of nitriles is 1. The van der Waals surface area contributed by atoms with E-state index in [-0.39, 0.29) is 10.6 Å². The molecule has 0 bridgehead atoms. The third-order valence-corrected chi connectivity index (χ3v) is 6.00. The van der Waals surface area contributed by atoms with E-state index in [0.29, 0.717) is 23.1 Å². The van der Waals surface area contributed by atoms with Gasteiger partial charge in [0.1, 0.15) is 21.0 Å². The van der Waals surface area contributed by atoms with Gasteiger partial charge in [0.2, 0.25) is 10.0 Å². The van der Waals surface area contributed by atoms with Gasteiger partial charge in [-0.05, 0) is 23.9 Å². The summed E-state index contributed by atoms with van der Waals surface area (Å²) in [5.74, 6) is 0. The van der Waals surface area contributed by atoms with Crippen LogP contribution in [0.15, 0.2) is 45.7 Å². The summed E-state index contributed by atoms with van der Waals surface area (Å²) in [6.07, 6.45) is 4.25. The molecule has 0 radical (unpaired) electrons. The maximum Gasteiger partial charge on any atom is 0.244 e. The van der Waals surface area contributed by atoms with Crippen LogP contribution < -0.4 is 0 Å². The molecular formula is C14H15N5O2S2. The van der Waals surface area contributed by atoms with Crippen molar-refractivity contribution in [3.8, 4) is 6.07 Å². The van der Waals surface area contributed by atoms with E-state index < -0.39 is 10.0 Å². The number of pyridine rings is 1. The van der Waals surface area contributed by atoms with E-state index in [2.05, 4.69) is 15.0 Å². The summed E-state index contributed by atoms with van der Waals surface area (Å²) in [7, 11) is -3.52. The second kappa shape index (κ2) is 7.50. The van der Waals surface area contributed by atoms with Crippen molar-refractivity contribution in [2.45, 2.75) is 28.8 Å². The average Bonchev–Trinajstić information content (AvgIpc) is 2.57. The highest BCUT2D eigenvalue weighted by Crippen LogP contribution is 2.26. The summed E-state index contributed by atoms with van der Waals surface area (Å²) < 4.78 is 26.1. The first-order valence-electron chi connectivity index (χ1n) is 6.88. The highest BCUT2D eigenvalue weighted by molar-refractivity contribution is 7.99. The van der Waals surface area contributed by atoms with E-state index in [1.54, 1.807) is 19.9 Å². The number of aromatic nitrogens is 3. The fourth-order valence-electron chi connectivity index (χ4n) is 1.87. The molecule has 0 N–H and O–H groups in total. The van der Waals surface area contributed by atoms with Crippen LogP contribution in [0, 0.1) is 11.3 Å². The molecule has 23 heavy (non-hydrogen) atoms. The van der Waals surface area contributed by atoms with Crippen LogP contribution in [-0.2, 0) is 10.0 Å². The monoisotopic (exact) mass is 349 g/mol. The Balaban J connectivity index is 2.25. The molecule has 0 spiro atoms. The van der Waals surface area contributed by atoms with Gasteiger partial charge in [0.25, 0.3) is 0 Å². The number of hydrogen-bond acceptors (Lipinski definition) is 7. The van der Waals surface area contributed by atoms with Crippen LogP contribution in [0.3, 0.4) is 0 Å². The first-order chi connectivity index (χ1) is 11.0. The summed E-state index contributed by atoms with van der Waals surface area (Å²) in [5, 5.41) is 9.97. The molecule has 2 rings (SSSR count). The molecular weight excluding hydrogens is 334 g/mol. The summed E-state index contributed by atoms with van der Waals surface area (Å²) >= 11 is 1.16. The van der Waals surface area contributed by atoms with Gasteiger partial charge in [-0.15, -0.1) is 0 Å². The Morgan fingerprint density at radius 2 is 1.87 bits per heavy atom. The van der Waals surface area contributed by atoms with Crippen LogP contribution in [-0.4, -0.2) is 40.8 Å². The maximum atomic E-state index is 12.4. The topological polar surface area (TPSA) is 99.8 Å². The molecule has 0 aliphatic heterocycles. The van der Waals surface area contributed by atoms with Gasteiger partial charge in [0.05, 0.1) is 0 Å². The molecule has 2 heterocycles. The lowest BCUT2D eigenvalue weighted by molar-refractivity contribution is 0.445. The molecule has 7 nitrogen and oxygen atoms in total. The zero-order valence-electron chi connectivity index (χ0n) is 12.7. The molecule has 0 fully saturated rings. The van der Waals surface area contributed by atoms with E-state index in [1.807, 2.05) is 6.07 Å². The molecule has 9 heteroatoms. The quantitative estimate of drug-likeness (QED) is 0.785. The van der Waals surface area contributed by atoms with Crippen molar-refractivity contribution in [3.63, 3.8) is 0 Å². The Kier molecular flexibility index (Phi) is 5.65. The lowest BCUT2D eigenvalue weighted by atomic mass is 10.5. The van der Waals surface area contributed by atoms with Crippen LogP contribution in [0.5, 0.6) is 0 Å². The molecule has 0 amide bonds. The molecule has 0 unspecified atom stereocenters. The Bertz CT molecular complexity index is 812. The third-order valence-electron chi connectivity index (χ3n) is 3.02. The minimum atomic E-state index is -3.52. The van der Waals surface area contributed by atoms with Crippen molar-refractivity contribution in [2.75, 3.05) is 13.1 Å². The number of nitrogens with zero attached hydrogens (tertiary/aromatic N) is 5. The number of rotatable bonds is 6. The van der Waals surface area contributed by atoms with Gasteiger partial charge in [-0.2, -0.15) is 9.57 Å². The highest BCUT2D eigenvalue weighted by Gasteiger charge is 2.21. The fraction of sp³-hybridized carbons (Fsp3) is 0.286. The van der Waals surface area contributed by atoms with E-state index >= 15 is 0 Å². The van der Waals surface area contributed by atoms with Crippen molar-refractivity contribution >= 4 is 21.8 Å². The third kappa shape index (κ3) is 3.85. The molecule has 0 saturated carbocycles. The lowest BCUT2D eigenvalue weighted by Crippen LogP contribution is -2.30. The normalized spacial score (nSPS) is 11.4. The van der Waals surface area contributed by atoms with E-state index in [4.69, 9.17) is 5.26 Å². The summed E-state index contributed by atoms with van der Waals surface area (Å²) in [4.78, 5) is 12.3. The second-order valence-corrected chi connectivity index (χ2v) is 7.29. The molecule has 0 atom stereocenters. The van der Waals surface area contributed by atoms with Crippen LogP contribution >= 0.6 is 11.8 Å².